The largest absolute Gasteiger partial charge is 0.388 e. The molecule has 0 aromatic carbocycles. The van der Waals surface area contributed by atoms with Crippen LogP contribution in [0.15, 0.2) is 0 Å². The van der Waals surface area contributed by atoms with Gasteiger partial charge in [0, 0.05) is 19.0 Å². The molecule has 16 heavy (non-hydrogen) atoms. The molecule has 0 aromatic heterocycles. The number of sulfonamides is 1. The molecule has 1 aliphatic heterocycles. The van der Waals surface area contributed by atoms with Crippen molar-refractivity contribution in [1.29, 1.82) is 0 Å². The Balaban J connectivity index is 2.18. The van der Waals surface area contributed by atoms with E-state index in [1.807, 2.05) is 20.8 Å². The van der Waals surface area contributed by atoms with Crippen LogP contribution in [0, 0.1) is 11.8 Å². The Kier molecular flexibility index (Phi) is 2.84. The summed E-state index contributed by atoms with van der Waals surface area (Å²) < 4.78 is 25.6. The van der Waals surface area contributed by atoms with Crippen molar-refractivity contribution in [3.63, 3.8) is 0 Å². The molecule has 1 heterocycles. The standard InChI is InChI=1S/C11H21NO3S/c1-8(2)11(13)7-12(6-9(11)3)16(14,15)10-4-5-10/h8-10,13H,4-7H2,1-3H3/t9-,11-/m1/s1. The number of rotatable bonds is 3. The third-order valence-corrected chi connectivity index (χ3v) is 6.38. The van der Waals surface area contributed by atoms with Gasteiger partial charge in [-0.05, 0) is 18.8 Å². The maximum Gasteiger partial charge on any atom is 0.217 e. The van der Waals surface area contributed by atoms with E-state index in [4.69, 9.17) is 0 Å². The van der Waals surface area contributed by atoms with E-state index in [-0.39, 0.29) is 23.6 Å². The first-order valence-electron chi connectivity index (χ1n) is 6.00. The van der Waals surface area contributed by atoms with Crippen molar-refractivity contribution in [2.75, 3.05) is 13.1 Å². The van der Waals surface area contributed by atoms with Crippen LogP contribution in [-0.4, -0.2) is 41.8 Å². The summed E-state index contributed by atoms with van der Waals surface area (Å²) in [5, 5.41) is 10.3. The molecule has 1 saturated carbocycles. The zero-order chi connectivity index (χ0) is 12.1. The predicted octanol–water partition coefficient (Wildman–Crippen LogP) is 0.817. The van der Waals surface area contributed by atoms with Crippen molar-refractivity contribution >= 4 is 10.0 Å². The lowest BCUT2D eigenvalue weighted by Gasteiger charge is -2.31. The van der Waals surface area contributed by atoms with Gasteiger partial charge in [0.2, 0.25) is 10.0 Å². The molecule has 1 aliphatic carbocycles. The number of hydrogen-bond acceptors (Lipinski definition) is 3. The topological polar surface area (TPSA) is 57.6 Å². The summed E-state index contributed by atoms with van der Waals surface area (Å²) in [5.74, 6) is 0.0999. The molecule has 94 valence electrons. The van der Waals surface area contributed by atoms with Crippen molar-refractivity contribution in [1.82, 2.24) is 4.31 Å². The zero-order valence-corrected chi connectivity index (χ0v) is 11.0. The molecule has 0 aromatic rings. The maximum atomic E-state index is 12.1. The van der Waals surface area contributed by atoms with Gasteiger partial charge in [0.25, 0.3) is 0 Å². The first-order chi connectivity index (χ1) is 7.28. The molecule has 0 radical (unpaired) electrons. The molecule has 0 unspecified atom stereocenters. The first-order valence-corrected chi connectivity index (χ1v) is 7.50. The van der Waals surface area contributed by atoms with Gasteiger partial charge in [-0.3, -0.25) is 0 Å². The highest BCUT2D eigenvalue weighted by atomic mass is 32.2. The fourth-order valence-corrected chi connectivity index (χ4v) is 4.46. The monoisotopic (exact) mass is 247 g/mol. The number of hydrogen-bond donors (Lipinski definition) is 1. The predicted molar refractivity (Wildman–Crippen MR) is 62.5 cm³/mol. The highest BCUT2D eigenvalue weighted by Gasteiger charge is 2.51. The van der Waals surface area contributed by atoms with Crippen LogP contribution >= 0.6 is 0 Å². The Morgan fingerprint density at radius 3 is 2.31 bits per heavy atom. The van der Waals surface area contributed by atoms with Gasteiger partial charge in [-0.2, -0.15) is 4.31 Å². The SMILES string of the molecule is CC(C)[C@]1(O)CN(S(=O)(=O)C2CC2)C[C@H]1C. The Morgan fingerprint density at radius 1 is 1.38 bits per heavy atom. The van der Waals surface area contributed by atoms with Crippen molar-refractivity contribution in [2.45, 2.75) is 44.5 Å². The van der Waals surface area contributed by atoms with Crippen LogP contribution in [0.1, 0.15) is 33.6 Å². The van der Waals surface area contributed by atoms with Crippen LogP contribution in [0.3, 0.4) is 0 Å². The minimum absolute atomic E-state index is 0.0148. The average molecular weight is 247 g/mol. The van der Waals surface area contributed by atoms with E-state index >= 15 is 0 Å². The number of β-amino-alcohol motifs (C(OH)–C–C–N with tert-alkyl or cyclic N) is 1. The highest BCUT2D eigenvalue weighted by Crippen LogP contribution is 2.39. The van der Waals surface area contributed by atoms with E-state index < -0.39 is 15.6 Å². The Morgan fingerprint density at radius 2 is 1.94 bits per heavy atom. The molecule has 2 atom stereocenters. The van der Waals surface area contributed by atoms with Gasteiger partial charge in [0.15, 0.2) is 0 Å². The van der Waals surface area contributed by atoms with Crippen LogP contribution in [0.5, 0.6) is 0 Å². The Bertz CT molecular complexity index is 375. The molecule has 2 aliphatic rings. The summed E-state index contributed by atoms with van der Waals surface area (Å²) in [6.45, 7) is 6.56. The summed E-state index contributed by atoms with van der Waals surface area (Å²) in [4.78, 5) is 0. The summed E-state index contributed by atoms with van der Waals surface area (Å²) in [5.41, 5.74) is -0.859. The van der Waals surface area contributed by atoms with E-state index in [2.05, 4.69) is 0 Å². The van der Waals surface area contributed by atoms with Gasteiger partial charge in [-0.15, -0.1) is 0 Å². The molecule has 2 rings (SSSR count). The molecular weight excluding hydrogens is 226 g/mol. The van der Waals surface area contributed by atoms with E-state index in [1.165, 1.54) is 4.31 Å². The molecule has 0 spiro atoms. The van der Waals surface area contributed by atoms with Gasteiger partial charge in [0.1, 0.15) is 0 Å². The zero-order valence-electron chi connectivity index (χ0n) is 10.2. The minimum Gasteiger partial charge on any atom is -0.388 e. The smallest absolute Gasteiger partial charge is 0.217 e. The van der Waals surface area contributed by atoms with Crippen molar-refractivity contribution in [3.8, 4) is 0 Å². The quantitative estimate of drug-likeness (QED) is 0.803. The van der Waals surface area contributed by atoms with Crippen LogP contribution in [0.2, 0.25) is 0 Å². The first kappa shape index (κ1) is 12.3. The van der Waals surface area contributed by atoms with Crippen LogP contribution < -0.4 is 0 Å². The van der Waals surface area contributed by atoms with Gasteiger partial charge < -0.3 is 5.11 Å². The van der Waals surface area contributed by atoms with E-state index in [9.17, 15) is 13.5 Å². The lowest BCUT2D eigenvalue weighted by molar-refractivity contribution is -0.0222. The van der Waals surface area contributed by atoms with Crippen molar-refractivity contribution in [2.24, 2.45) is 11.8 Å². The number of aliphatic hydroxyl groups is 1. The van der Waals surface area contributed by atoms with E-state index in [0.29, 0.717) is 6.54 Å². The molecule has 0 bridgehead atoms. The second-order valence-corrected chi connectivity index (χ2v) is 7.80. The van der Waals surface area contributed by atoms with Gasteiger partial charge in [-0.25, -0.2) is 8.42 Å². The summed E-state index contributed by atoms with van der Waals surface area (Å²) in [7, 11) is -3.13. The second-order valence-electron chi connectivity index (χ2n) is 5.58. The van der Waals surface area contributed by atoms with Gasteiger partial charge in [-0.1, -0.05) is 20.8 Å². The molecule has 5 heteroatoms. The third kappa shape index (κ3) is 1.79. The third-order valence-electron chi connectivity index (χ3n) is 4.07. The average Bonchev–Trinajstić information content (AvgIpc) is 2.95. The van der Waals surface area contributed by atoms with Gasteiger partial charge >= 0.3 is 0 Å². The molecule has 0 amide bonds. The molecule has 4 nitrogen and oxygen atoms in total. The fourth-order valence-electron chi connectivity index (χ4n) is 2.49. The van der Waals surface area contributed by atoms with E-state index in [0.717, 1.165) is 12.8 Å². The normalized spacial score (nSPS) is 37.2. The lowest BCUT2D eigenvalue weighted by Crippen LogP contribution is -2.43. The Labute approximate surface area is 97.7 Å². The molecular formula is C11H21NO3S. The van der Waals surface area contributed by atoms with Gasteiger partial charge in [0.05, 0.1) is 10.9 Å². The molecule has 1 N–H and O–H groups in total. The van der Waals surface area contributed by atoms with Crippen LogP contribution in [0.25, 0.3) is 0 Å². The highest BCUT2D eigenvalue weighted by molar-refractivity contribution is 7.90. The van der Waals surface area contributed by atoms with E-state index in [1.54, 1.807) is 0 Å². The molecule has 2 fully saturated rings. The summed E-state index contributed by atoms with van der Waals surface area (Å²) in [6.07, 6.45) is 1.57. The summed E-state index contributed by atoms with van der Waals surface area (Å²) in [6, 6.07) is 0. The maximum absolute atomic E-state index is 12.1. The molecule has 1 saturated heterocycles. The lowest BCUT2D eigenvalue weighted by atomic mass is 9.82. The summed E-state index contributed by atoms with van der Waals surface area (Å²) >= 11 is 0. The fraction of sp³-hybridized carbons (Fsp3) is 1.00. The Hall–Kier alpha value is -0.130. The number of nitrogens with zero attached hydrogens (tertiary/aromatic N) is 1. The minimum atomic E-state index is -3.13. The van der Waals surface area contributed by atoms with Crippen molar-refractivity contribution < 1.29 is 13.5 Å². The second kappa shape index (κ2) is 3.68. The van der Waals surface area contributed by atoms with Crippen LogP contribution in [-0.2, 0) is 10.0 Å². The van der Waals surface area contributed by atoms with Crippen LogP contribution in [0.4, 0.5) is 0 Å². The van der Waals surface area contributed by atoms with Crippen molar-refractivity contribution in [3.05, 3.63) is 0 Å².